The molecule has 1 aromatic heterocycles. The highest BCUT2D eigenvalue weighted by atomic mass is 16.4. The maximum atomic E-state index is 12.5. The van der Waals surface area contributed by atoms with E-state index in [4.69, 9.17) is 4.42 Å². The fourth-order valence-corrected chi connectivity index (χ4v) is 2.69. The van der Waals surface area contributed by atoms with Gasteiger partial charge >= 0.3 is 5.97 Å². The van der Waals surface area contributed by atoms with E-state index in [-0.39, 0.29) is 5.76 Å². The average molecular weight is 328 g/mol. The molecule has 3 rings (SSSR count). The van der Waals surface area contributed by atoms with E-state index in [2.05, 4.69) is 10.3 Å². The highest BCUT2D eigenvalue weighted by Gasteiger charge is 2.32. The summed E-state index contributed by atoms with van der Waals surface area (Å²) in [5, 5.41) is 12.1. The third-order valence-corrected chi connectivity index (χ3v) is 4.43. The Bertz CT molecular complexity index is 805. The van der Waals surface area contributed by atoms with Gasteiger partial charge in [-0.1, -0.05) is 18.2 Å². The number of nitrogens with zero attached hydrogens (tertiary/aromatic N) is 1. The minimum absolute atomic E-state index is 0.0912. The van der Waals surface area contributed by atoms with Gasteiger partial charge in [0.05, 0.1) is 5.69 Å². The summed E-state index contributed by atoms with van der Waals surface area (Å²) in [5.74, 6) is -0.721. The van der Waals surface area contributed by atoms with Crippen LogP contribution in [0.25, 0.3) is 0 Å². The van der Waals surface area contributed by atoms with Crippen LogP contribution < -0.4 is 5.32 Å². The first-order chi connectivity index (χ1) is 11.4. The van der Waals surface area contributed by atoms with Gasteiger partial charge < -0.3 is 14.8 Å². The predicted octanol–water partition coefficient (Wildman–Crippen LogP) is 3.03. The van der Waals surface area contributed by atoms with E-state index < -0.39 is 17.9 Å². The third-order valence-electron chi connectivity index (χ3n) is 4.43. The highest BCUT2D eigenvalue weighted by molar-refractivity contribution is 5.95. The smallest absolute Gasteiger partial charge is 0.330 e. The van der Waals surface area contributed by atoms with E-state index in [1.54, 1.807) is 19.1 Å². The van der Waals surface area contributed by atoms with Gasteiger partial charge in [0, 0.05) is 5.92 Å². The van der Waals surface area contributed by atoms with Crippen molar-refractivity contribution in [2.45, 2.75) is 45.6 Å². The summed E-state index contributed by atoms with van der Waals surface area (Å²) in [5.41, 5.74) is 2.87. The molecule has 0 aliphatic heterocycles. The summed E-state index contributed by atoms with van der Waals surface area (Å²) >= 11 is 0. The van der Waals surface area contributed by atoms with Crippen molar-refractivity contribution in [3.63, 3.8) is 0 Å². The Hall–Kier alpha value is -2.63. The fourth-order valence-electron chi connectivity index (χ4n) is 2.69. The molecule has 0 bridgehead atoms. The van der Waals surface area contributed by atoms with E-state index >= 15 is 0 Å². The van der Waals surface area contributed by atoms with Crippen LogP contribution in [-0.2, 0) is 4.79 Å². The molecule has 1 fully saturated rings. The van der Waals surface area contributed by atoms with Gasteiger partial charge in [-0.2, -0.15) is 0 Å². The molecule has 0 saturated heterocycles. The number of carboxylic acid groups (broad SMARTS) is 1. The van der Waals surface area contributed by atoms with Crippen molar-refractivity contribution in [1.29, 1.82) is 0 Å². The second-order valence-corrected chi connectivity index (χ2v) is 6.27. The van der Waals surface area contributed by atoms with E-state index in [0.717, 1.165) is 24.0 Å². The summed E-state index contributed by atoms with van der Waals surface area (Å²) in [4.78, 5) is 28.5. The van der Waals surface area contributed by atoms with Crippen molar-refractivity contribution in [3.8, 4) is 0 Å². The van der Waals surface area contributed by atoms with E-state index in [1.807, 2.05) is 19.9 Å². The summed E-state index contributed by atoms with van der Waals surface area (Å²) in [6.45, 7) is 5.44. The van der Waals surface area contributed by atoms with E-state index in [0.29, 0.717) is 23.1 Å². The number of carbonyl (C=O) groups is 2. The average Bonchev–Trinajstić information content (AvgIpc) is 3.30. The highest BCUT2D eigenvalue weighted by Crippen LogP contribution is 2.40. The van der Waals surface area contributed by atoms with Crippen LogP contribution in [0.3, 0.4) is 0 Å². The van der Waals surface area contributed by atoms with Gasteiger partial charge in [-0.3, -0.25) is 4.79 Å². The van der Waals surface area contributed by atoms with E-state index in [1.165, 1.54) is 0 Å². The Morgan fingerprint density at radius 3 is 2.62 bits per heavy atom. The van der Waals surface area contributed by atoms with Crippen molar-refractivity contribution < 1.29 is 19.1 Å². The van der Waals surface area contributed by atoms with Crippen molar-refractivity contribution in [2.24, 2.45) is 0 Å². The number of aliphatic carboxylic acids is 1. The first-order valence-electron chi connectivity index (χ1n) is 7.95. The van der Waals surface area contributed by atoms with Crippen LogP contribution >= 0.6 is 0 Å². The second kappa shape index (κ2) is 6.11. The molecule has 0 radical (unpaired) electrons. The number of hydrogen-bond donors (Lipinski definition) is 2. The molecule has 6 heteroatoms. The molecule has 2 aromatic rings. The van der Waals surface area contributed by atoms with Crippen LogP contribution in [0.4, 0.5) is 0 Å². The Kier molecular flexibility index (Phi) is 4.13. The second-order valence-electron chi connectivity index (χ2n) is 6.27. The van der Waals surface area contributed by atoms with Gasteiger partial charge in [0.15, 0.2) is 11.9 Å². The molecule has 1 unspecified atom stereocenters. The summed E-state index contributed by atoms with van der Waals surface area (Å²) in [7, 11) is 0. The topological polar surface area (TPSA) is 92.4 Å². The van der Waals surface area contributed by atoms with Crippen LogP contribution in [0, 0.1) is 20.8 Å². The quantitative estimate of drug-likeness (QED) is 0.880. The van der Waals surface area contributed by atoms with Crippen molar-refractivity contribution >= 4 is 11.9 Å². The zero-order valence-corrected chi connectivity index (χ0v) is 13.9. The number of benzene rings is 1. The zero-order valence-electron chi connectivity index (χ0n) is 13.9. The maximum absolute atomic E-state index is 12.5. The SMILES string of the molecule is Cc1cccc(C(NC(=O)c2oc(C3CC3)nc2C)C(=O)O)c1C. The van der Waals surface area contributed by atoms with Crippen LogP contribution in [0.15, 0.2) is 22.6 Å². The standard InChI is InChI=1S/C18H20N2O4/c1-9-5-4-6-13(10(9)2)14(18(22)23)20-16(21)15-11(3)19-17(24-15)12-7-8-12/h4-6,12,14H,7-8H2,1-3H3,(H,20,21)(H,22,23). The Labute approximate surface area is 139 Å². The number of aromatic nitrogens is 1. The van der Waals surface area contributed by atoms with Gasteiger partial charge in [0.25, 0.3) is 5.91 Å². The summed E-state index contributed by atoms with van der Waals surface area (Å²) < 4.78 is 5.55. The molecule has 1 aromatic carbocycles. The first kappa shape index (κ1) is 16.2. The fraction of sp³-hybridized carbons (Fsp3) is 0.389. The van der Waals surface area contributed by atoms with Gasteiger partial charge in [-0.05, 0) is 50.3 Å². The number of nitrogens with one attached hydrogen (secondary N) is 1. The minimum Gasteiger partial charge on any atom is -0.479 e. The molecular formula is C18H20N2O4. The molecule has 126 valence electrons. The number of oxazole rings is 1. The first-order valence-corrected chi connectivity index (χ1v) is 7.95. The van der Waals surface area contributed by atoms with Crippen molar-refractivity contribution in [1.82, 2.24) is 10.3 Å². The largest absolute Gasteiger partial charge is 0.479 e. The van der Waals surface area contributed by atoms with Gasteiger partial charge in [-0.25, -0.2) is 9.78 Å². The molecule has 1 aliphatic carbocycles. The lowest BCUT2D eigenvalue weighted by Crippen LogP contribution is -2.34. The lowest BCUT2D eigenvalue weighted by molar-refractivity contribution is -0.139. The molecule has 1 atom stereocenters. The van der Waals surface area contributed by atoms with Gasteiger partial charge in [-0.15, -0.1) is 0 Å². The Morgan fingerprint density at radius 1 is 1.29 bits per heavy atom. The molecular weight excluding hydrogens is 308 g/mol. The molecule has 1 heterocycles. The Balaban J connectivity index is 1.87. The number of rotatable bonds is 5. The van der Waals surface area contributed by atoms with Crippen LogP contribution in [0.1, 0.15) is 63.6 Å². The van der Waals surface area contributed by atoms with Crippen molar-refractivity contribution in [3.05, 3.63) is 52.2 Å². The zero-order chi connectivity index (χ0) is 17.4. The lowest BCUT2D eigenvalue weighted by Gasteiger charge is -2.17. The molecule has 2 N–H and O–H groups in total. The number of carbonyl (C=O) groups excluding carboxylic acids is 1. The van der Waals surface area contributed by atoms with E-state index in [9.17, 15) is 14.7 Å². The monoisotopic (exact) mass is 328 g/mol. The molecule has 1 amide bonds. The Morgan fingerprint density at radius 2 is 2.00 bits per heavy atom. The maximum Gasteiger partial charge on any atom is 0.330 e. The predicted molar refractivity (Wildman–Crippen MR) is 87.0 cm³/mol. The molecule has 1 saturated carbocycles. The molecule has 24 heavy (non-hydrogen) atoms. The molecule has 6 nitrogen and oxygen atoms in total. The number of hydrogen-bond acceptors (Lipinski definition) is 4. The van der Waals surface area contributed by atoms with Crippen LogP contribution in [0.2, 0.25) is 0 Å². The molecule has 1 aliphatic rings. The van der Waals surface area contributed by atoms with Crippen molar-refractivity contribution in [2.75, 3.05) is 0 Å². The normalized spacial score (nSPS) is 15.1. The summed E-state index contributed by atoms with van der Waals surface area (Å²) in [6.07, 6.45) is 2.03. The van der Waals surface area contributed by atoms with Crippen LogP contribution in [-0.4, -0.2) is 22.0 Å². The lowest BCUT2D eigenvalue weighted by atomic mass is 9.97. The molecule has 0 spiro atoms. The van der Waals surface area contributed by atoms with Gasteiger partial charge in [0.2, 0.25) is 5.76 Å². The summed E-state index contributed by atoms with van der Waals surface area (Å²) in [6, 6.07) is 4.27. The third kappa shape index (κ3) is 3.04. The number of carboxylic acids is 1. The minimum atomic E-state index is -1.13. The van der Waals surface area contributed by atoms with Crippen LogP contribution in [0.5, 0.6) is 0 Å². The van der Waals surface area contributed by atoms with Gasteiger partial charge in [0.1, 0.15) is 0 Å². The number of aryl methyl sites for hydroxylation is 2. The number of amides is 1.